The van der Waals surface area contributed by atoms with Crippen molar-refractivity contribution in [1.82, 2.24) is 14.8 Å². The van der Waals surface area contributed by atoms with Crippen LogP contribution in [0.25, 0.3) is 0 Å². The molecule has 0 amide bonds. The van der Waals surface area contributed by atoms with Gasteiger partial charge in [-0.25, -0.2) is 4.98 Å². The number of benzene rings is 1. The molecule has 92 valence electrons. The van der Waals surface area contributed by atoms with Gasteiger partial charge in [0.1, 0.15) is 5.82 Å². The monoisotopic (exact) mass is 257 g/mol. The van der Waals surface area contributed by atoms with Gasteiger partial charge < -0.3 is 0 Å². The smallest absolute Gasteiger partial charge is 0.215 e. The highest BCUT2D eigenvalue weighted by molar-refractivity contribution is 7.71. The standard InChI is InChI=1S/C14H15N3S/c1-17-14(18)15-13(16-17)12-10-7-6-8-4-2-3-5-9(8)11(10)12/h2-5,10-12H,6-7H2,1H3,(H,15,16,18). The van der Waals surface area contributed by atoms with E-state index in [2.05, 4.69) is 34.3 Å². The first kappa shape index (κ1) is 10.5. The summed E-state index contributed by atoms with van der Waals surface area (Å²) in [6, 6.07) is 8.84. The topological polar surface area (TPSA) is 33.6 Å². The summed E-state index contributed by atoms with van der Waals surface area (Å²) in [5, 5.41) is 3.29. The summed E-state index contributed by atoms with van der Waals surface area (Å²) >= 11 is 5.18. The summed E-state index contributed by atoms with van der Waals surface area (Å²) < 4.78 is 2.49. The predicted molar refractivity (Wildman–Crippen MR) is 72.1 cm³/mol. The number of H-pyrrole nitrogens is 1. The molecule has 3 unspecified atom stereocenters. The number of aromatic nitrogens is 3. The molecule has 0 radical (unpaired) electrons. The van der Waals surface area contributed by atoms with Gasteiger partial charge in [-0.1, -0.05) is 24.3 Å². The van der Waals surface area contributed by atoms with Crippen LogP contribution in [0.1, 0.15) is 35.2 Å². The number of aromatic amines is 1. The van der Waals surface area contributed by atoms with Crippen LogP contribution in [0.15, 0.2) is 24.3 Å². The first-order chi connectivity index (χ1) is 8.75. The largest absolute Gasteiger partial charge is 0.283 e. The van der Waals surface area contributed by atoms with E-state index in [0.717, 1.165) is 11.7 Å². The third kappa shape index (κ3) is 1.35. The van der Waals surface area contributed by atoms with Crippen molar-refractivity contribution >= 4 is 12.2 Å². The molecule has 0 aliphatic heterocycles. The minimum Gasteiger partial charge on any atom is -0.283 e. The van der Waals surface area contributed by atoms with E-state index in [1.54, 1.807) is 0 Å². The van der Waals surface area contributed by atoms with E-state index in [0.29, 0.717) is 16.6 Å². The second kappa shape index (κ2) is 3.54. The van der Waals surface area contributed by atoms with Gasteiger partial charge in [0.05, 0.1) is 0 Å². The van der Waals surface area contributed by atoms with Crippen molar-refractivity contribution in [3.8, 4) is 0 Å². The molecule has 1 aromatic carbocycles. The van der Waals surface area contributed by atoms with Gasteiger partial charge in [-0.3, -0.25) is 9.78 Å². The van der Waals surface area contributed by atoms with Gasteiger partial charge in [-0.05, 0) is 48.0 Å². The normalized spacial score (nSPS) is 28.6. The quantitative estimate of drug-likeness (QED) is 0.797. The van der Waals surface area contributed by atoms with Crippen LogP contribution in [0.5, 0.6) is 0 Å². The van der Waals surface area contributed by atoms with Crippen molar-refractivity contribution in [2.24, 2.45) is 13.0 Å². The molecule has 1 fully saturated rings. The van der Waals surface area contributed by atoms with Crippen molar-refractivity contribution in [3.63, 3.8) is 0 Å². The summed E-state index contributed by atoms with van der Waals surface area (Å²) in [6.07, 6.45) is 2.49. The highest BCUT2D eigenvalue weighted by Crippen LogP contribution is 2.64. The van der Waals surface area contributed by atoms with E-state index < -0.39 is 0 Å². The van der Waals surface area contributed by atoms with Crippen LogP contribution < -0.4 is 0 Å². The van der Waals surface area contributed by atoms with Gasteiger partial charge in [0.2, 0.25) is 4.77 Å². The zero-order valence-electron chi connectivity index (χ0n) is 10.3. The summed E-state index contributed by atoms with van der Waals surface area (Å²) in [5.74, 6) is 3.06. The lowest BCUT2D eigenvalue weighted by molar-refractivity contribution is 0.651. The average Bonchev–Trinajstić information content (AvgIpc) is 3.04. The van der Waals surface area contributed by atoms with Crippen LogP contribution in [0.3, 0.4) is 0 Å². The SMILES string of the molecule is Cn1[nH]c(C2C3CCc4ccccc4C32)nc1=S. The molecule has 1 N–H and O–H groups in total. The molecule has 0 bridgehead atoms. The number of rotatable bonds is 1. The number of nitrogens with one attached hydrogen (secondary N) is 1. The highest BCUT2D eigenvalue weighted by Gasteiger charge is 2.55. The number of nitrogens with zero attached hydrogens (tertiary/aromatic N) is 2. The first-order valence-corrected chi connectivity index (χ1v) is 6.87. The van der Waals surface area contributed by atoms with Crippen molar-refractivity contribution in [2.45, 2.75) is 24.7 Å². The Balaban J connectivity index is 1.74. The molecule has 2 aliphatic carbocycles. The number of fused-ring (bicyclic) bond motifs is 3. The van der Waals surface area contributed by atoms with E-state index >= 15 is 0 Å². The molecule has 1 heterocycles. The summed E-state index contributed by atoms with van der Waals surface area (Å²) in [4.78, 5) is 4.49. The minimum atomic E-state index is 0.552. The van der Waals surface area contributed by atoms with Crippen LogP contribution in [-0.4, -0.2) is 14.8 Å². The molecule has 3 nitrogen and oxygen atoms in total. The van der Waals surface area contributed by atoms with E-state index in [-0.39, 0.29) is 0 Å². The maximum absolute atomic E-state index is 5.18. The predicted octanol–water partition coefficient (Wildman–Crippen LogP) is 2.92. The molecule has 2 aliphatic rings. The number of aryl methyl sites for hydroxylation is 2. The van der Waals surface area contributed by atoms with Crippen molar-refractivity contribution in [2.75, 3.05) is 0 Å². The fourth-order valence-corrected chi connectivity index (χ4v) is 3.65. The first-order valence-electron chi connectivity index (χ1n) is 6.46. The van der Waals surface area contributed by atoms with Crippen LogP contribution in [0.2, 0.25) is 0 Å². The van der Waals surface area contributed by atoms with E-state index in [9.17, 15) is 0 Å². The molecule has 18 heavy (non-hydrogen) atoms. The average molecular weight is 257 g/mol. The molecule has 0 spiro atoms. The van der Waals surface area contributed by atoms with Crippen LogP contribution in [0, 0.1) is 10.7 Å². The Morgan fingerprint density at radius 1 is 1.33 bits per heavy atom. The fraction of sp³-hybridized carbons (Fsp3) is 0.429. The second-order valence-electron chi connectivity index (χ2n) is 5.40. The Morgan fingerprint density at radius 3 is 2.94 bits per heavy atom. The summed E-state index contributed by atoms with van der Waals surface area (Å²) in [6.45, 7) is 0. The Labute approximate surface area is 111 Å². The Bertz CT molecular complexity index is 670. The lowest BCUT2D eigenvalue weighted by atomic mass is 9.92. The summed E-state index contributed by atoms with van der Waals surface area (Å²) in [7, 11) is 1.93. The molecule has 1 saturated carbocycles. The zero-order valence-corrected chi connectivity index (χ0v) is 11.1. The maximum Gasteiger partial charge on any atom is 0.215 e. The van der Waals surface area contributed by atoms with Gasteiger partial charge >= 0.3 is 0 Å². The molecular formula is C14H15N3S. The molecule has 4 heteroatoms. The maximum atomic E-state index is 5.18. The number of hydrogen-bond donors (Lipinski definition) is 1. The van der Waals surface area contributed by atoms with Gasteiger partial charge in [0.15, 0.2) is 0 Å². The van der Waals surface area contributed by atoms with Crippen molar-refractivity contribution in [3.05, 3.63) is 46.0 Å². The Kier molecular flexibility index (Phi) is 2.07. The molecule has 0 saturated heterocycles. The molecule has 1 aromatic heterocycles. The highest BCUT2D eigenvalue weighted by atomic mass is 32.1. The van der Waals surface area contributed by atoms with Gasteiger partial charge in [-0.2, -0.15) is 0 Å². The zero-order chi connectivity index (χ0) is 12.3. The van der Waals surface area contributed by atoms with Crippen LogP contribution >= 0.6 is 12.2 Å². The summed E-state index contributed by atoms with van der Waals surface area (Å²) in [5.41, 5.74) is 3.06. The molecular weight excluding hydrogens is 242 g/mol. The minimum absolute atomic E-state index is 0.552. The number of hydrogen-bond acceptors (Lipinski definition) is 2. The Morgan fingerprint density at radius 2 is 2.17 bits per heavy atom. The third-order valence-corrected chi connectivity index (χ3v) is 4.80. The van der Waals surface area contributed by atoms with Gasteiger partial charge in [0.25, 0.3) is 0 Å². The van der Waals surface area contributed by atoms with Gasteiger partial charge in [-0.15, -0.1) is 0 Å². The lowest BCUT2D eigenvalue weighted by Crippen LogP contribution is -2.00. The van der Waals surface area contributed by atoms with E-state index in [4.69, 9.17) is 12.2 Å². The van der Waals surface area contributed by atoms with Crippen molar-refractivity contribution in [1.29, 1.82) is 0 Å². The fourth-order valence-electron chi connectivity index (χ4n) is 3.51. The van der Waals surface area contributed by atoms with Crippen LogP contribution in [-0.2, 0) is 13.5 Å². The Hall–Kier alpha value is -1.42. The second-order valence-corrected chi connectivity index (χ2v) is 5.77. The van der Waals surface area contributed by atoms with E-state index in [1.165, 1.54) is 24.0 Å². The molecule has 3 atom stereocenters. The third-order valence-electron chi connectivity index (χ3n) is 4.43. The van der Waals surface area contributed by atoms with Crippen LogP contribution in [0.4, 0.5) is 0 Å². The lowest BCUT2D eigenvalue weighted by Gasteiger charge is -2.13. The van der Waals surface area contributed by atoms with E-state index in [1.807, 2.05) is 11.7 Å². The van der Waals surface area contributed by atoms with Gasteiger partial charge in [0, 0.05) is 13.0 Å². The molecule has 4 rings (SSSR count). The van der Waals surface area contributed by atoms with Crippen molar-refractivity contribution < 1.29 is 0 Å². The molecule has 2 aromatic rings.